The molecular formula is C14H18F2N2O. The summed E-state index contributed by atoms with van der Waals surface area (Å²) in [4.78, 5) is 17.0. The number of carbonyl (C=O) groups excluding carboxylic acids is 1. The first kappa shape index (κ1) is 13.9. The highest BCUT2D eigenvalue weighted by molar-refractivity contribution is 5.94. The molecule has 0 aromatic carbocycles. The van der Waals surface area contributed by atoms with Crippen LogP contribution in [-0.2, 0) is 0 Å². The second kappa shape index (κ2) is 5.23. The third-order valence-electron chi connectivity index (χ3n) is 3.70. The Kier molecular flexibility index (Phi) is 3.83. The van der Waals surface area contributed by atoms with Crippen LogP contribution in [0.4, 0.5) is 8.78 Å². The number of aromatic nitrogens is 1. The van der Waals surface area contributed by atoms with Crippen LogP contribution < -0.4 is 0 Å². The molecule has 104 valence electrons. The molecule has 0 saturated carbocycles. The van der Waals surface area contributed by atoms with Crippen LogP contribution in [0.15, 0.2) is 12.3 Å². The molecular weight excluding hydrogens is 250 g/mol. The summed E-state index contributed by atoms with van der Waals surface area (Å²) < 4.78 is 26.6. The molecule has 19 heavy (non-hydrogen) atoms. The number of nitrogens with zero attached hydrogens (tertiary/aromatic N) is 2. The Labute approximate surface area is 111 Å². The lowest BCUT2D eigenvalue weighted by molar-refractivity contribution is 0.0751. The van der Waals surface area contributed by atoms with Crippen LogP contribution in [0.5, 0.6) is 0 Å². The van der Waals surface area contributed by atoms with Gasteiger partial charge in [-0.15, -0.1) is 0 Å². The number of likely N-dealkylation sites (tertiary alicyclic amines) is 1. The van der Waals surface area contributed by atoms with Crippen molar-refractivity contribution in [1.29, 1.82) is 0 Å². The molecule has 1 aliphatic rings. The minimum atomic E-state index is -1.22. The van der Waals surface area contributed by atoms with Gasteiger partial charge in [-0.1, -0.05) is 13.8 Å². The van der Waals surface area contributed by atoms with Gasteiger partial charge in [-0.05, 0) is 30.7 Å². The van der Waals surface area contributed by atoms with Crippen molar-refractivity contribution < 1.29 is 13.6 Å². The number of carbonyl (C=O) groups is 1. The summed E-state index contributed by atoms with van der Waals surface area (Å²) in [6, 6.07) is 1.23. The SMILES string of the molecule is CC1(C)CCCN(C(=O)c2ccnc(F)c2F)CC1. The minimum absolute atomic E-state index is 0.192. The zero-order valence-electron chi connectivity index (χ0n) is 11.2. The molecule has 0 radical (unpaired) electrons. The van der Waals surface area contributed by atoms with E-state index in [1.165, 1.54) is 6.07 Å². The highest BCUT2D eigenvalue weighted by atomic mass is 19.2. The first-order valence-corrected chi connectivity index (χ1v) is 6.50. The number of hydrogen-bond acceptors (Lipinski definition) is 2. The molecule has 1 fully saturated rings. The molecule has 5 heteroatoms. The summed E-state index contributed by atoms with van der Waals surface area (Å²) in [5, 5.41) is 0. The fourth-order valence-corrected chi connectivity index (χ4v) is 2.38. The third kappa shape index (κ3) is 3.08. The lowest BCUT2D eigenvalue weighted by atomic mass is 9.85. The van der Waals surface area contributed by atoms with E-state index in [0.717, 1.165) is 25.5 Å². The first-order chi connectivity index (χ1) is 8.91. The van der Waals surface area contributed by atoms with Crippen LogP contribution >= 0.6 is 0 Å². The van der Waals surface area contributed by atoms with Crippen LogP contribution in [0.3, 0.4) is 0 Å². The van der Waals surface area contributed by atoms with E-state index in [9.17, 15) is 13.6 Å². The van der Waals surface area contributed by atoms with Crippen LogP contribution in [0.1, 0.15) is 43.5 Å². The van der Waals surface area contributed by atoms with E-state index in [1.807, 2.05) is 0 Å². The molecule has 1 aromatic rings. The monoisotopic (exact) mass is 268 g/mol. The highest BCUT2D eigenvalue weighted by Crippen LogP contribution is 2.30. The Bertz CT molecular complexity index is 488. The predicted molar refractivity (Wildman–Crippen MR) is 67.7 cm³/mol. The number of halogens is 2. The van der Waals surface area contributed by atoms with Crippen LogP contribution in [0, 0.1) is 17.2 Å². The van der Waals surface area contributed by atoms with Crippen LogP contribution in [0.25, 0.3) is 0 Å². The Morgan fingerprint density at radius 2 is 2.05 bits per heavy atom. The topological polar surface area (TPSA) is 33.2 Å². The first-order valence-electron chi connectivity index (χ1n) is 6.50. The maximum absolute atomic E-state index is 13.6. The van der Waals surface area contributed by atoms with E-state index in [0.29, 0.717) is 13.1 Å². The van der Waals surface area contributed by atoms with Crippen molar-refractivity contribution in [3.63, 3.8) is 0 Å². The maximum atomic E-state index is 13.6. The number of rotatable bonds is 1. The second-order valence-electron chi connectivity index (χ2n) is 5.77. The second-order valence-corrected chi connectivity index (χ2v) is 5.77. The van der Waals surface area contributed by atoms with Crippen LogP contribution in [-0.4, -0.2) is 28.9 Å². The number of pyridine rings is 1. The van der Waals surface area contributed by atoms with Crippen molar-refractivity contribution in [2.45, 2.75) is 33.1 Å². The summed E-state index contributed by atoms with van der Waals surface area (Å²) in [7, 11) is 0. The smallest absolute Gasteiger partial charge is 0.257 e. The molecule has 0 aliphatic carbocycles. The lowest BCUT2D eigenvalue weighted by Crippen LogP contribution is -2.33. The average molecular weight is 268 g/mol. The zero-order chi connectivity index (χ0) is 14.0. The molecule has 1 aromatic heterocycles. The number of amides is 1. The fraction of sp³-hybridized carbons (Fsp3) is 0.571. The van der Waals surface area contributed by atoms with E-state index in [4.69, 9.17) is 0 Å². The molecule has 1 saturated heterocycles. The van der Waals surface area contributed by atoms with Crippen LogP contribution in [0.2, 0.25) is 0 Å². The summed E-state index contributed by atoms with van der Waals surface area (Å²) in [6.45, 7) is 5.49. The van der Waals surface area contributed by atoms with Gasteiger partial charge in [0.15, 0.2) is 5.82 Å². The maximum Gasteiger partial charge on any atom is 0.257 e. The average Bonchev–Trinajstić information content (AvgIpc) is 2.53. The van der Waals surface area contributed by atoms with Gasteiger partial charge in [-0.25, -0.2) is 9.37 Å². The predicted octanol–water partition coefficient (Wildman–Crippen LogP) is 3.01. The molecule has 0 spiro atoms. The van der Waals surface area contributed by atoms with Gasteiger partial charge in [0.25, 0.3) is 5.91 Å². The van der Waals surface area contributed by atoms with Gasteiger partial charge >= 0.3 is 0 Å². The normalized spacial score (nSPS) is 19.1. The summed E-state index contributed by atoms with van der Waals surface area (Å²) in [5.74, 6) is -2.83. The highest BCUT2D eigenvalue weighted by Gasteiger charge is 2.27. The van der Waals surface area contributed by atoms with Crippen molar-refractivity contribution in [3.8, 4) is 0 Å². The zero-order valence-corrected chi connectivity index (χ0v) is 11.2. The Morgan fingerprint density at radius 3 is 2.79 bits per heavy atom. The van der Waals surface area contributed by atoms with Gasteiger partial charge in [-0.2, -0.15) is 4.39 Å². The van der Waals surface area contributed by atoms with Gasteiger partial charge in [0, 0.05) is 19.3 Å². The van der Waals surface area contributed by atoms with Crippen molar-refractivity contribution in [1.82, 2.24) is 9.88 Å². The van der Waals surface area contributed by atoms with E-state index < -0.39 is 17.7 Å². The van der Waals surface area contributed by atoms with Crippen molar-refractivity contribution in [3.05, 3.63) is 29.6 Å². The molecule has 1 amide bonds. The number of hydrogen-bond donors (Lipinski definition) is 0. The van der Waals surface area contributed by atoms with E-state index >= 15 is 0 Å². The van der Waals surface area contributed by atoms with Crippen molar-refractivity contribution >= 4 is 5.91 Å². The molecule has 1 aliphatic heterocycles. The van der Waals surface area contributed by atoms with Gasteiger partial charge in [0.05, 0.1) is 5.56 Å². The summed E-state index contributed by atoms with van der Waals surface area (Å²) in [6.07, 6.45) is 3.90. The molecule has 2 rings (SSSR count). The quantitative estimate of drug-likeness (QED) is 0.733. The molecule has 0 atom stereocenters. The Morgan fingerprint density at radius 1 is 1.32 bits per heavy atom. The Balaban J connectivity index is 2.18. The molecule has 2 heterocycles. The molecule has 0 bridgehead atoms. The third-order valence-corrected chi connectivity index (χ3v) is 3.70. The van der Waals surface area contributed by atoms with Gasteiger partial charge in [0.2, 0.25) is 5.95 Å². The Hall–Kier alpha value is -1.52. The summed E-state index contributed by atoms with van der Waals surface area (Å²) in [5.41, 5.74) is -0.0379. The van der Waals surface area contributed by atoms with E-state index in [1.54, 1.807) is 4.90 Å². The van der Waals surface area contributed by atoms with E-state index in [2.05, 4.69) is 18.8 Å². The lowest BCUT2D eigenvalue weighted by Gasteiger charge is -2.23. The molecule has 0 unspecified atom stereocenters. The fourth-order valence-electron chi connectivity index (χ4n) is 2.38. The molecule has 0 N–H and O–H groups in total. The van der Waals surface area contributed by atoms with Gasteiger partial charge in [0.1, 0.15) is 0 Å². The summed E-state index contributed by atoms with van der Waals surface area (Å²) >= 11 is 0. The largest absolute Gasteiger partial charge is 0.339 e. The van der Waals surface area contributed by atoms with Crippen molar-refractivity contribution in [2.75, 3.05) is 13.1 Å². The minimum Gasteiger partial charge on any atom is -0.339 e. The van der Waals surface area contributed by atoms with Gasteiger partial charge in [-0.3, -0.25) is 4.79 Å². The van der Waals surface area contributed by atoms with E-state index in [-0.39, 0.29) is 11.0 Å². The standard InChI is InChI=1S/C14H18F2N2O/c1-14(2)5-3-8-18(9-6-14)13(19)10-4-7-17-12(16)11(10)15/h4,7H,3,5-6,8-9H2,1-2H3. The van der Waals surface area contributed by atoms with Crippen molar-refractivity contribution in [2.24, 2.45) is 5.41 Å². The molecule has 3 nitrogen and oxygen atoms in total. The van der Waals surface area contributed by atoms with Gasteiger partial charge < -0.3 is 4.90 Å².